The number of hydrogen-bond acceptors (Lipinski definition) is 5. The second-order valence-corrected chi connectivity index (χ2v) is 7.82. The van der Waals surface area contributed by atoms with Crippen LogP contribution < -0.4 is 5.43 Å². The molecule has 3 aromatic rings. The second kappa shape index (κ2) is 9.12. The van der Waals surface area contributed by atoms with E-state index in [1.165, 1.54) is 24.6 Å². The van der Waals surface area contributed by atoms with Crippen LogP contribution in [-0.2, 0) is 21.4 Å². The number of benzene rings is 2. The van der Waals surface area contributed by atoms with E-state index in [4.69, 9.17) is 4.42 Å². The molecule has 8 heteroatoms. The van der Waals surface area contributed by atoms with Crippen molar-refractivity contribution in [1.82, 2.24) is 9.73 Å². The standard InChI is InChI=1S/C20H19N3O4S/c24-20(22-21-14-18-10-7-13-27-18)16-23(15-17-8-3-1-4-9-17)28(25,26)19-11-5-2-6-12-19/h1-14H,15-16H2,(H,22,24)/b21-14-. The number of sulfonamides is 1. The van der Waals surface area contributed by atoms with Crippen LogP contribution in [0.1, 0.15) is 11.3 Å². The molecule has 0 fully saturated rings. The summed E-state index contributed by atoms with van der Waals surface area (Å²) in [6, 6.07) is 20.5. The zero-order chi connectivity index (χ0) is 19.8. The fourth-order valence-corrected chi connectivity index (χ4v) is 3.89. The van der Waals surface area contributed by atoms with E-state index in [0.717, 1.165) is 9.87 Å². The van der Waals surface area contributed by atoms with E-state index in [-0.39, 0.29) is 18.0 Å². The first kappa shape index (κ1) is 19.5. The van der Waals surface area contributed by atoms with Crippen molar-refractivity contribution in [1.29, 1.82) is 0 Å². The first-order valence-electron chi connectivity index (χ1n) is 8.50. The average Bonchev–Trinajstić information content (AvgIpc) is 3.22. The fraction of sp³-hybridized carbons (Fsp3) is 0.100. The lowest BCUT2D eigenvalue weighted by atomic mass is 10.2. The maximum Gasteiger partial charge on any atom is 0.255 e. The second-order valence-electron chi connectivity index (χ2n) is 5.88. The predicted octanol–water partition coefficient (Wildman–Crippen LogP) is 2.62. The number of nitrogens with zero attached hydrogens (tertiary/aromatic N) is 2. The molecule has 0 saturated heterocycles. The van der Waals surface area contributed by atoms with Crippen LogP contribution in [0.5, 0.6) is 0 Å². The lowest BCUT2D eigenvalue weighted by Gasteiger charge is -2.21. The predicted molar refractivity (Wildman–Crippen MR) is 105 cm³/mol. The normalized spacial score (nSPS) is 11.8. The highest BCUT2D eigenvalue weighted by Gasteiger charge is 2.26. The van der Waals surface area contributed by atoms with Gasteiger partial charge >= 0.3 is 0 Å². The Morgan fingerprint density at radius 3 is 2.32 bits per heavy atom. The summed E-state index contributed by atoms with van der Waals surface area (Å²) in [7, 11) is -3.86. The first-order valence-corrected chi connectivity index (χ1v) is 9.94. The number of hydrazone groups is 1. The van der Waals surface area contributed by atoms with Gasteiger partial charge in [0.25, 0.3) is 5.91 Å². The Labute approximate surface area is 163 Å². The Hall–Kier alpha value is -3.23. The first-order chi connectivity index (χ1) is 13.6. The van der Waals surface area contributed by atoms with Crippen LogP contribution in [-0.4, -0.2) is 31.4 Å². The van der Waals surface area contributed by atoms with Gasteiger partial charge in [0.2, 0.25) is 10.0 Å². The molecule has 0 aliphatic carbocycles. The summed E-state index contributed by atoms with van der Waals surface area (Å²) in [6.07, 6.45) is 2.82. The molecule has 2 aromatic carbocycles. The van der Waals surface area contributed by atoms with Gasteiger partial charge in [0.15, 0.2) is 0 Å². The van der Waals surface area contributed by atoms with Crippen molar-refractivity contribution in [3.63, 3.8) is 0 Å². The van der Waals surface area contributed by atoms with Gasteiger partial charge in [0, 0.05) is 6.54 Å². The highest BCUT2D eigenvalue weighted by Crippen LogP contribution is 2.18. The van der Waals surface area contributed by atoms with Crippen molar-refractivity contribution >= 4 is 22.1 Å². The Morgan fingerprint density at radius 1 is 1.00 bits per heavy atom. The minimum Gasteiger partial charge on any atom is -0.463 e. The molecule has 1 amide bonds. The van der Waals surface area contributed by atoms with Gasteiger partial charge in [-0.3, -0.25) is 4.79 Å². The summed E-state index contributed by atoms with van der Waals surface area (Å²) in [5, 5.41) is 3.79. The van der Waals surface area contributed by atoms with Crippen molar-refractivity contribution in [2.24, 2.45) is 5.10 Å². The quantitative estimate of drug-likeness (QED) is 0.467. The number of carbonyl (C=O) groups is 1. The summed E-state index contributed by atoms with van der Waals surface area (Å²) in [4.78, 5) is 12.4. The van der Waals surface area contributed by atoms with Crippen LogP contribution in [0.4, 0.5) is 0 Å². The summed E-state index contributed by atoms with van der Waals surface area (Å²) in [5.41, 5.74) is 3.10. The van der Waals surface area contributed by atoms with Crippen molar-refractivity contribution in [2.45, 2.75) is 11.4 Å². The molecule has 28 heavy (non-hydrogen) atoms. The van der Waals surface area contributed by atoms with E-state index in [0.29, 0.717) is 5.76 Å². The van der Waals surface area contributed by atoms with E-state index in [2.05, 4.69) is 10.5 Å². The topological polar surface area (TPSA) is 92.0 Å². The lowest BCUT2D eigenvalue weighted by Crippen LogP contribution is -2.39. The average molecular weight is 397 g/mol. The molecule has 3 rings (SSSR count). The molecule has 0 aliphatic rings. The highest BCUT2D eigenvalue weighted by atomic mass is 32.2. The molecule has 0 aliphatic heterocycles. The molecule has 0 bridgehead atoms. The number of hydrogen-bond donors (Lipinski definition) is 1. The van der Waals surface area contributed by atoms with E-state index in [9.17, 15) is 13.2 Å². The third kappa shape index (κ3) is 5.15. The zero-order valence-electron chi connectivity index (χ0n) is 14.9. The van der Waals surface area contributed by atoms with Gasteiger partial charge in [-0.2, -0.15) is 9.41 Å². The third-order valence-electron chi connectivity index (χ3n) is 3.83. The molecule has 0 unspecified atom stereocenters. The fourth-order valence-electron chi connectivity index (χ4n) is 2.48. The van der Waals surface area contributed by atoms with Crippen molar-refractivity contribution in [3.05, 3.63) is 90.4 Å². The van der Waals surface area contributed by atoms with Gasteiger partial charge in [-0.1, -0.05) is 48.5 Å². The third-order valence-corrected chi connectivity index (χ3v) is 5.63. The molecular weight excluding hydrogens is 378 g/mol. The summed E-state index contributed by atoms with van der Waals surface area (Å²) in [5.74, 6) is -0.0865. The van der Waals surface area contributed by atoms with Gasteiger partial charge in [-0.05, 0) is 29.8 Å². The Kier molecular flexibility index (Phi) is 6.36. The lowest BCUT2D eigenvalue weighted by molar-refractivity contribution is -0.121. The van der Waals surface area contributed by atoms with E-state index < -0.39 is 15.9 Å². The number of rotatable bonds is 8. The molecule has 1 heterocycles. The maximum absolute atomic E-state index is 13.0. The minimum atomic E-state index is -3.86. The smallest absolute Gasteiger partial charge is 0.255 e. The SMILES string of the molecule is O=C(CN(Cc1ccccc1)S(=O)(=O)c1ccccc1)N/N=C\c1ccco1. The maximum atomic E-state index is 13.0. The number of nitrogens with one attached hydrogen (secondary N) is 1. The van der Waals surface area contributed by atoms with Crippen LogP contribution >= 0.6 is 0 Å². The van der Waals surface area contributed by atoms with E-state index in [1.807, 2.05) is 18.2 Å². The van der Waals surface area contributed by atoms with Gasteiger partial charge in [0.1, 0.15) is 5.76 Å². The van der Waals surface area contributed by atoms with Crippen molar-refractivity contribution < 1.29 is 17.6 Å². The molecule has 0 atom stereocenters. The van der Waals surface area contributed by atoms with Gasteiger partial charge in [0.05, 0.1) is 23.9 Å². The molecule has 144 valence electrons. The van der Waals surface area contributed by atoms with Gasteiger partial charge in [-0.25, -0.2) is 13.8 Å². The molecule has 0 saturated carbocycles. The van der Waals surface area contributed by atoms with E-state index >= 15 is 0 Å². The molecule has 7 nitrogen and oxygen atoms in total. The largest absolute Gasteiger partial charge is 0.463 e. The molecule has 1 aromatic heterocycles. The van der Waals surface area contributed by atoms with Crippen molar-refractivity contribution in [2.75, 3.05) is 6.54 Å². The van der Waals surface area contributed by atoms with Crippen LogP contribution in [0.2, 0.25) is 0 Å². The Bertz CT molecular complexity index is 1020. The molecule has 1 N–H and O–H groups in total. The van der Waals surface area contributed by atoms with Crippen LogP contribution in [0.15, 0.2) is 93.5 Å². The van der Waals surface area contributed by atoms with Crippen LogP contribution in [0.3, 0.4) is 0 Å². The zero-order valence-corrected chi connectivity index (χ0v) is 15.7. The number of furan rings is 1. The minimum absolute atomic E-state index is 0.0629. The summed E-state index contributed by atoms with van der Waals surface area (Å²) >= 11 is 0. The van der Waals surface area contributed by atoms with E-state index in [1.54, 1.807) is 42.5 Å². The van der Waals surface area contributed by atoms with Crippen LogP contribution in [0, 0.1) is 0 Å². The van der Waals surface area contributed by atoms with Gasteiger partial charge < -0.3 is 4.42 Å². The summed E-state index contributed by atoms with van der Waals surface area (Å²) in [6.45, 7) is -0.311. The molecular formula is C20H19N3O4S. The summed E-state index contributed by atoms with van der Waals surface area (Å²) < 4.78 is 32.3. The Morgan fingerprint density at radius 2 is 1.68 bits per heavy atom. The Balaban J connectivity index is 1.77. The number of carbonyl (C=O) groups excluding carboxylic acids is 1. The molecule has 0 radical (unpaired) electrons. The van der Waals surface area contributed by atoms with Crippen LogP contribution in [0.25, 0.3) is 0 Å². The number of amides is 1. The van der Waals surface area contributed by atoms with Crippen molar-refractivity contribution in [3.8, 4) is 0 Å². The highest BCUT2D eigenvalue weighted by molar-refractivity contribution is 7.89. The molecule has 0 spiro atoms. The van der Waals surface area contributed by atoms with Gasteiger partial charge in [-0.15, -0.1) is 0 Å². The monoisotopic (exact) mass is 397 g/mol.